The second-order valence-corrected chi connectivity index (χ2v) is 18.8. The Hall–Kier alpha value is -2.30. The summed E-state index contributed by atoms with van der Waals surface area (Å²) in [5.41, 5.74) is 3.16. The first-order valence-electron chi connectivity index (χ1n) is 15.6. The molecule has 0 spiro atoms. The van der Waals surface area contributed by atoms with E-state index in [1.807, 2.05) is 23.4 Å². The van der Waals surface area contributed by atoms with Crippen molar-refractivity contribution in [2.24, 2.45) is 11.8 Å². The van der Waals surface area contributed by atoms with Crippen LogP contribution in [-0.2, 0) is 9.95 Å². The van der Waals surface area contributed by atoms with Gasteiger partial charge in [0.25, 0.3) is 5.91 Å². The number of nitrogens with one attached hydrogen (secondary N) is 2. The van der Waals surface area contributed by atoms with Crippen molar-refractivity contribution in [3.63, 3.8) is 0 Å². The predicted molar refractivity (Wildman–Crippen MR) is 191 cm³/mol. The highest BCUT2D eigenvalue weighted by Gasteiger charge is 2.57. The number of alkyl halides is 1. The molecule has 6 heterocycles. The number of benzene rings is 1. The molecule has 5 unspecified atom stereocenters. The van der Waals surface area contributed by atoms with E-state index in [1.165, 1.54) is 29.0 Å². The Balaban J connectivity index is 0.000000398. The number of rotatable bonds is 5. The summed E-state index contributed by atoms with van der Waals surface area (Å²) in [5.74, 6) is 1.75. The summed E-state index contributed by atoms with van der Waals surface area (Å²) in [6, 6.07) is 9.25. The van der Waals surface area contributed by atoms with E-state index in [1.54, 1.807) is 18.2 Å². The van der Waals surface area contributed by atoms with E-state index in [4.69, 9.17) is 0 Å². The van der Waals surface area contributed by atoms with Gasteiger partial charge in [-0.1, -0.05) is 6.07 Å². The molecule has 3 aromatic rings. The first-order chi connectivity index (χ1) is 21.1. The summed E-state index contributed by atoms with van der Waals surface area (Å²) in [4.78, 5) is 45.0. The second kappa shape index (κ2) is 13.7. The van der Waals surface area contributed by atoms with Crippen molar-refractivity contribution >= 4 is 55.0 Å². The lowest BCUT2D eigenvalue weighted by atomic mass is 9.93. The molecular weight excluding hydrogens is 647 g/mol. The number of pyridine rings is 1. The molecule has 0 radical (unpaired) electrons. The summed E-state index contributed by atoms with van der Waals surface area (Å²) in [7, 11) is 2.54. The molecule has 8 atom stereocenters. The summed E-state index contributed by atoms with van der Waals surface area (Å²) in [6.45, 7) is 4.29. The minimum atomic E-state index is -1.57. The van der Waals surface area contributed by atoms with E-state index in [0.717, 1.165) is 48.9 Å². The Labute approximate surface area is 280 Å². The zero-order valence-electron chi connectivity index (χ0n) is 26.3. The van der Waals surface area contributed by atoms with Gasteiger partial charge in [-0.2, -0.15) is 0 Å². The topological polar surface area (TPSA) is 161 Å². The maximum absolute atomic E-state index is 14.6. The third-order valence-electron chi connectivity index (χ3n) is 9.98. The van der Waals surface area contributed by atoms with Gasteiger partial charge in [-0.15, -0.1) is 11.3 Å². The van der Waals surface area contributed by atoms with E-state index in [0.29, 0.717) is 34.2 Å². The highest BCUT2D eigenvalue weighted by atomic mass is 32.1. The van der Waals surface area contributed by atoms with Crippen molar-refractivity contribution in [3.05, 3.63) is 58.7 Å². The number of carbonyl (C=O) groups is 2. The molecule has 8 rings (SSSR count). The Bertz CT molecular complexity index is 1610. The van der Waals surface area contributed by atoms with Crippen LogP contribution in [0.25, 0.3) is 10.1 Å². The highest BCUT2D eigenvalue weighted by molar-refractivity contribution is 8.36. The molecule has 2 amide bonds. The van der Waals surface area contributed by atoms with E-state index in [9.17, 15) is 18.9 Å². The maximum Gasteiger partial charge on any atom is 0.262 e. The zero-order valence-corrected chi connectivity index (χ0v) is 29.0. The van der Waals surface area contributed by atoms with Crippen molar-refractivity contribution in [1.82, 2.24) is 20.5 Å². The van der Waals surface area contributed by atoms with Crippen molar-refractivity contribution in [3.8, 4) is 0 Å². The molecule has 4 aliphatic heterocycles. The van der Waals surface area contributed by atoms with Crippen molar-refractivity contribution in [2.45, 2.75) is 68.2 Å². The molecule has 1 saturated carbocycles. The van der Waals surface area contributed by atoms with Crippen LogP contribution in [0.2, 0.25) is 0 Å². The monoisotopic (exact) mass is 697 g/mol. The quantitative estimate of drug-likeness (QED) is 0.325. The molecule has 0 bridgehead atoms. The minimum absolute atomic E-state index is 0. The number of amides is 2. The first-order valence-corrected chi connectivity index (χ1v) is 19.5. The maximum atomic E-state index is 14.6. The lowest BCUT2D eigenvalue weighted by molar-refractivity contribution is -0.136. The summed E-state index contributed by atoms with van der Waals surface area (Å²) >= 11 is 1.36. The van der Waals surface area contributed by atoms with Crippen LogP contribution in [0.3, 0.4) is 0 Å². The molecule has 1 aromatic carbocycles. The molecule has 1 aliphatic carbocycles. The van der Waals surface area contributed by atoms with Gasteiger partial charge in [-0.05, 0) is 94.3 Å². The van der Waals surface area contributed by atoms with E-state index < -0.39 is 19.0 Å². The van der Waals surface area contributed by atoms with Gasteiger partial charge in [0.15, 0.2) is 0 Å². The normalized spacial score (nSPS) is 31.5. The van der Waals surface area contributed by atoms with Crippen LogP contribution < -0.4 is 15.5 Å². The van der Waals surface area contributed by atoms with Crippen LogP contribution in [0.4, 0.5) is 10.1 Å². The van der Waals surface area contributed by atoms with Gasteiger partial charge < -0.3 is 36.3 Å². The fourth-order valence-electron chi connectivity index (χ4n) is 7.16. The predicted octanol–water partition coefficient (Wildman–Crippen LogP) is 4.81. The number of nitrogens with zero attached hydrogens (tertiary/aromatic N) is 3. The fourth-order valence-corrected chi connectivity index (χ4v) is 10.9. The Morgan fingerprint density at radius 1 is 1.20 bits per heavy atom. The fraction of sp³-hybridized carbons (Fsp3) is 0.531. The lowest BCUT2D eigenvalue weighted by Gasteiger charge is -2.34. The average molecular weight is 698 g/mol. The Kier molecular flexibility index (Phi) is 10.4. The largest absolute Gasteiger partial charge is 0.412 e. The Morgan fingerprint density at radius 3 is 2.61 bits per heavy atom. The second-order valence-electron chi connectivity index (χ2n) is 13.2. The third-order valence-corrected chi connectivity index (χ3v) is 15.1. The van der Waals surface area contributed by atoms with E-state index in [2.05, 4.69) is 47.6 Å². The number of carbonyl (C=O) groups excluding carboxylic acids is 2. The minimum Gasteiger partial charge on any atom is -0.412 e. The molecule has 2 aromatic heterocycles. The van der Waals surface area contributed by atoms with E-state index in [-0.39, 0.29) is 41.4 Å². The number of aromatic nitrogens is 1. The average Bonchev–Trinajstić information content (AvgIpc) is 3.70. The van der Waals surface area contributed by atoms with Crippen LogP contribution in [0.15, 0.2) is 42.7 Å². The molecule has 5 fully saturated rings. The number of thiophene rings is 1. The molecule has 10 nitrogen and oxygen atoms in total. The van der Waals surface area contributed by atoms with Crippen molar-refractivity contribution in [2.75, 3.05) is 32.1 Å². The van der Waals surface area contributed by atoms with Crippen LogP contribution in [0.5, 0.6) is 0 Å². The van der Waals surface area contributed by atoms with Crippen LogP contribution in [-0.4, -0.2) is 82.9 Å². The molecular formula is C32H50FN5O5P2S. The van der Waals surface area contributed by atoms with Gasteiger partial charge in [0.05, 0.1) is 12.7 Å². The molecule has 4 saturated heterocycles. The van der Waals surface area contributed by atoms with Gasteiger partial charge in [0, 0.05) is 77.8 Å². The lowest BCUT2D eigenvalue weighted by Crippen LogP contribution is -2.53. The molecule has 5 aliphatic rings. The van der Waals surface area contributed by atoms with Gasteiger partial charge in [0.1, 0.15) is 6.04 Å². The van der Waals surface area contributed by atoms with Crippen molar-refractivity contribution in [1.29, 1.82) is 0 Å². The first kappa shape index (κ1) is 35.0. The smallest absolute Gasteiger partial charge is 0.262 e. The summed E-state index contributed by atoms with van der Waals surface area (Å²) < 4.78 is 15.5. The molecule has 256 valence electrons. The van der Waals surface area contributed by atoms with Gasteiger partial charge >= 0.3 is 0 Å². The summed E-state index contributed by atoms with van der Waals surface area (Å²) in [6.07, 6.45) is 8.97. The van der Waals surface area contributed by atoms with Gasteiger partial charge in [-0.3, -0.25) is 14.6 Å². The standard InChI is InChI=1S/C22H25FN2O3P2S.C10H15N3.2H2O.3H2/c1-11-2-4-16-8-12-6-13(12)9-17(21(27)25(11)16)24-20(26)19-10-14-7-15(3-5-18(14)31-19)22(23)29-30(22)28;1-13(2)10-3-4-11-7-9(10)8-5-12-6-8;;;;;/h3,5,7,10-13,16-17,28-29H,2,4,6,8-9H2,1H3,(H,24,26);3-4,7-8,12H,5-6H2,1-2H3;2*1H2;3*1H/t11-,12?,13?,16-,17+,22?,30?;;;;;;/m1....../s1. The third kappa shape index (κ3) is 6.68. The molecule has 14 heteroatoms. The molecule has 7 N–H and O–H groups in total. The number of halogens is 1. The highest BCUT2D eigenvalue weighted by Crippen LogP contribution is 2.94. The Morgan fingerprint density at radius 2 is 1.93 bits per heavy atom. The van der Waals surface area contributed by atoms with E-state index >= 15 is 0 Å². The van der Waals surface area contributed by atoms with Crippen LogP contribution in [0.1, 0.15) is 70.0 Å². The van der Waals surface area contributed by atoms with Gasteiger partial charge in [-0.25, -0.2) is 4.39 Å². The number of anilines is 1. The summed E-state index contributed by atoms with van der Waals surface area (Å²) in [5, 5.41) is 5.56. The number of fused-ring (bicyclic) bond motifs is 3. The van der Waals surface area contributed by atoms with Gasteiger partial charge in [0.2, 0.25) is 11.1 Å². The SMILES string of the molecule is CN(C)c1ccncc1C1CNC1.C[C@@H]1CC[C@@H]2CC3CC3C[C@H](NC(=O)c3cc4cc(C5(F)PP5O)ccc4s3)C(=O)N21.O.O.[HH].[HH].[HH]. The zero-order chi connectivity index (χ0) is 30.7. The number of hydrogen-bond acceptors (Lipinski definition) is 7. The van der Waals surface area contributed by atoms with Crippen LogP contribution >= 0.6 is 27.4 Å². The molecule has 46 heavy (non-hydrogen) atoms. The van der Waals surface area contributed by atoms with Crippen LogP contribution in [0, 0.1) is 11.8 Å². The number of hydrogen-bond donors (Lipinski definition) is 3. The van der Waals surface area contributed by atoms with Crippen molar-refractivity contribution < 1.29 is 34.1 Å².